The maximum absolute atomic E-state index is 11.3. The van der Waals surface area contributed by atoms with Crippen molar-refractivity contribution in [2.75, 3.05) is 6.61 Å². The van der Waals surface area contributed by atoms with Crippen LogP contribution in [-0.4, -0.2) is 27.8 Å². The Kier molecular flexibility index (Phi) is 5.00. The van der Waals surface area contributed by atoms with Crippen LogP contribution >= 0.6 is 0 Å². The molecule has 0 bridgehead atoms. The van der Waals surface area contributed by atoms with Gasteiger partial charge in [0.05, 0.1) is 0 Å². The zero-order valence-corrected chi connectivity index (χ0v) is 10.4. The summed E-state index contributed by atoms with van der Waals surface area (Å²) >= 11 is 0. The lowest BCUT2D eigenvalue weighted by Crippen LogP contribution is -2.48. The molecule has 0 aromatic rings. The van der Waals surface area contributed by atoms with Crippen LogP contribution < -0.4 is 10.5 Å². The molecule has 1 heterocycles. The summed E-state index contributed by atoms with van der Waals surface area (Å²) in [5, 5.41) is 0. The van der Waals surface area contributed by atoms with E-state index in [1.54, 1.807) is 0 Å². The van der Waals surface area contributed by atoms with E-state index in [0.29, 0.717) is 6.61 Å². The number of hydroxylamine groups is 1. The molecule has 0 aliphatic carbocycles. The monoisotopic (exact) mass is 244 g/mol. The van der Waals surface area contributed by atoms with E-state index >= 15 is 0 Å². The van der Waals surface area contributed by atoms with Crippen LogP contribution in [0, 0.1) is 0 Å². The molecule has 0 aromatic carbocycles. The highest BCUT2D eigenvalue weighted by atomic mass is 28.3. The molecule has 7 heteroatoms. The molecule has 2 N–H and O–H groups in total. The summed E-state index contributed by atoms with van der Waals surface area (Å²) in [6.07, 6.45) is 2.11. The maximum atomic E-state index is 11.3. The number of hydrogen-bond acceptors (Lipinski definition) is 4. The second-order valence-electron chi connectivity index (χ2n) is 3.60. The number of nitrogens with one attached hydrogen (secondary N) is 2. The Hall–Kier alpha value is -1.34. The number of carbonyl (C=O) groups excluding carboxylic acids is 2. The van der Waals surface area contributed by atoms with Gasteiger partial charge in [0.1, 0.15) is 0 Å². The van der Waals surface area contributed by atoms with Crippen molar-refractivity contribution in [2.24, 2.45) is 0 Å². The highest BCUT2D eigenvalue weighted by molar-refractivity contribution is 6.52. The van der Waals surface area contributed by atoms with E-state index in [0.717, 1.165) is 18.9 Å². The van der Waals surface area contributed by atoms with E-state index in [9.17, 15) is 9.59 Å². The third kappa shape index (κ3) is 4.45. The van der Waals surface area contributed by atoms with Crippen LogP contribution in [0.1, 0.15) is 19.8 Å². The van der Waals surface area contributed by atoms with E-state index in [1.165, 1.54) is 6.92 Å². The fourth-order valence-corrected chi connectivity index (χ4v) is 3.07. The summed E-state index contributed by atoms with van der Waals surface area (Å²) in [4.78, 5) is 29.4. The quantitative estimate of drug-likeness (QED) is 0.417. The number of carbonyl (C=O) groups is 2. The Morgan fingerprint density at radius 3 is 2.75 bits per heavy atom. The summed E-state index contributed by atoms with van der Waals surface area (Å²) < 4.78 is 5.41. The molecule has 2 amide bonds. The topological polar surface area (TPSA) is 76.7 Å². The molecule has 0 radical (unpaired) electrons. The van der Waals surface area contributed by atoms with E-state index in [4.69, 9.17) is 4.43 Å². The Morgan fingerprint density at radius 1 is 1.44 bits per heavy atom. The smallest absolute Gasteiger partial charge is 0.358 e. The SMILES string of the molecule is C=C(C)C(=O)ONC(=O)N[SiH]1CCCCO1. The first-order valence-corrected chi connectivity index (χ1v) is 7.01. The average Bonchev–Trinajstić information content (AvgIpc) is 2.27. The van der Waals surface area contributed by atoms with Crippen LogP contribution in [-0.2, 0) is 14.1 Å². The zero-order chi connectivity index (χ0) is 12.0. The van der Waals surface area contributed by atoms with Crippen molar-refractivity contribution >= 4 is 21.2 Å². The second kappa shape index (κ2) is 6.29. The van der Waals surface area contributed by atoms with Gasteiger partial charge in [0.2, 0.25) is 0 Å². The molecular formula is C9H16N2O4Si. The molecule has 6 nitrogen and oxygen atoms in total. The molecular weight excluding hydrogens is 228 g/mol. The van der Waals surface area contributed by atoms with Crippen molar-refractivity contribution in [2.45, 2.75) is 25.8 Å². The molecule has 0 spiro atoms. The Morgan fingerprint density at radius 2 is 2.19 bits per heavy atom. The van der Waals surface area contributed by atoms with Gasteiger partial charge in [0, 0.05) is 12.2 Å². The fraction of sp³-hybridized carbons (Fsp3) is 0.556. The molecule has 0 aromatic heterocycles. The summed E-state index contributed by atoms with van der Waals surface area (Å²) in [7, 11) is -1.65. The van der Waals surface area contributed by atoms with Gasteiger partial charge in [0.25, 0.3) is 9.20 Å². The Labute approximate surface area is 95.7 Å². The highest BCUT2D eigenvalue weighted by Crippen LogP contribution is 2.08. The number of urea groups is 1. The van der Waals surface area contributed by atoms with Crippen molar-refractivity contribution in [3.63, 3.8) is 0 Å². The van der Waals surface area contributed by atoms with E-state index in [-0.39, 0.29) is 5.57 Å². The first-order chi connectivity index (χ1) is 7.59. The molecule has 90 valence electrons. The first-order valence-electron chi connectivity index (χ1n) is 5.14. The highest BCUT2D eigenvalue weighted by Gasteiger charge is 2.19. The minimum absolute atomic E-state index is 0.228. The van der Waals surface area contributed by atoms with Crippen LogP contribution in [0.2, 0.25) is 6.04 Å². The van der Waals surface area contributed by atoms with Gasteiger partial charge in [-0.2, -0.15) is 5.48 Å². The van der Waals surface area contributed by atoms with Crippen LogP contribution in [0.25, 0.3) is 0 Å². The molecule has 1 atom stereocenters. The Balaban J connectivity index is 2.19. The summed E-state index contributed by atoms with van der Waals surface area (Å²) in [6.45, 7) is 5.58. The summed E-state index contributed by atoms with van der Waals surface area (Å²) in [5.41, 5.74) is 2.23. The Bertz CT molecular complexity index is 289. The number of hydrogen-bond donors (Lipinski definition) is 2. The van der Waals surface area contributed by atoms with Gasteiger partial charge in [-0.25, -0.2) is 9.59 Å². The number of rotatable bonds is 2. The van der Waals surface area contributed by atoms with Gasteiger partial charge in [-0.3, -0.25) is 0 Å². The van der Waals surface area contributed by atoms with Gasteiger partial charge in [-0.1, -0.05) is 6.58 Å². The minimum Gasteiger partial charge on any atom is -0.401 e. The third-order valence-electron chi connectivity index (χ3n) is 2.06. The molecule has 1 saturated heterocycles. The van der Waals surface area contributed by atoms with Crippen molar-refractivity contribution in [3.05, 3.63) is 12.2 Å². The third-order valence-corrected chi connectivity index (χ3v) is 4.21. The summed E-state index contributed by atoms with van der Waals surface area (Å²) in [5.74, 6) is -0.652. The maximum Gasteiger partial charge on any atom is 0.358 e. The largest absolute Gasteiger partial charge is 0.401 e. The van der Waals surface area contributed by atoms with E-state index < -0.39 is 21.2 Å². The van der Waals surface area contributed by atoms with Gasteiger partial charge in [-0.15, -0.1) is 0 Å². The molecule has 1 rings (SSSR count). The zero-order valence-electron chi connectivity index (χ0n) is 9.25. The lowest BCUT2D eigenvalue weighted by molar-refractivity contribution is -0.143. The molecule has 16 heavy (non-hydrogen) atoms. The first kappa shape index (κ1) is 12.7. The van der Waals surface area contributed by atoms with Gasteiger partial charge >= 0.3 is 12.0 Å². The molecule has 1 aliphatic heterocycles. The van der Waals surface area contributed by atoms with E-state index in [1.807, 2.05) is 5.48 Å². The molecule has 1 unspecified atom stereocenters. The minimum atomic E-state index is -1.65. The number of amides is 2. The normalized spacial score (nSPS) is 19.7. The van der Waals surface area contributed by atoms with Crippen LogP contribution in [0.5, 0.6) is 0 Å². The van der Waals surface area contributed by atoms with Crippen LogP contribution in [0.4, 0.5) is 4.79 Å². The average molecular weight is 244 g/mol. The standard InChI is InChI=1S/C9H16N2O4Si/c1-7(2)8(12)15-10-9(13)11-16-6-4-3-5-14-16/h16H,1,3-6H2,2H3,(H2,10,11,13). The summed E-state index contributed by atoms with van der Waals surface area (Å²) in [6, 6.07) is 0.371. The van der Waals surface area contributed by atoms with Crippen molar-refractivity contribution in [1.29, 1.82) is 0 Å². The second-order valence-corrected chi connectivity index (χ2v) is 5.78. The molecule has 1 fully saturated rings. The van der Waals surface area contributed by atoms with Gasteiger partial charge in [-0.05, 0) is 25.8 Å². The predicted octanol–water partition coefficient (Wildman–Crippen LogP) is 0.351. The van der Waals surface area contributed by atoms with Gasteiger partial charge < -0.3 is 14.2 Å². The fourth-order valence-electron chi connectivity index (χ4n) is 1.21. The van der Waals surface area contributed by atoms with Crippen LogP contribution in [0.3, 0.4) is 0 Å². The van der Waals surface area contributed by atoms with Crippen molar-refractivity contribution in [1.82, 2.24) is 10.5 Å². The molecule has 1 aliphatic rings. The van der Waals surface area contributed by atoms with Crippen LogP contribution in [0.15, 0.2) is 12.2 Å². The predicted molar refractivity (Wildman–Crippen MR) is 59.7 cm³/mol. The van der Waals surface area contributed by atoms with E-state index in [2.05, 4.69) is 16.4 Å². The van der Waals surface area contributed by atoms with Crippen molar-refractivity contribution in [3.8, 4) is 0 Å². The molecule has 0 saturated carbocycles. The lowest BCUT2D eigenvalue weighted by atomic mass is 10.4. The lowest BCUT2D eigenvalue weighted by Gasteiger charge is -2.21. The van der Waals surface area contributed by atoms with Crippen molar-refractivity contribution < 1.29 is 18.9 Å². The van der Waals surface area contributed by atoms with Gasteiger partial charge in [0.15, 0.2) is 0 Å².